The molecule has 1 aliphatic heterocycles. The molecule has 0 aliphatic carbocycles. The van der Waals surface area contributed by atoms with Gasteiger partial charge in [-0.1, -0.05) is 15.9 Å². The first-order chi connectivity index (χ1) is 9.84. The zero-order valence-corrected chi connectivity index (χ0v) is 15.2. The van der Waals surface area contributed by atoms with Crippen LogP contribution in [0.3, 0.4) is 0 Å². The molecule has 21 heavy (non-hydrogen) atoms. The second-order valence-electron chi connectivity index (χ2n) is 6.33. The lowest BCUT2D eigenvalue weighted by molar-refractivity contribution is -0.203. The Balaban J connectivity index is 1.78. The molecule has 0 atom stereocenters. The SMILES string of the molecule is CC(C)(C)C(=O)ON1CCC(Sc2ccc(Br)cc2)CC1. The zero-order chi connectivity index (χ0) is 15.5. The molecule has 1 fully saturated rings. The second kappa shape index (κ2) is 7.16. The molecule has 1 heterocycles. The number of carbonyl (C=O) groups is 1. The molecule has 0 saturated carbocycles. The van der Waals surface area contributed by atoms with Crippen molar-refractivity contribution in [2.75, 3.05) is 13.1 Å². The summed E-state index contributed by atoms with van der Waals surface area (Å²) in [5.74, 6) is -0.151. The molecule has 3 nitrogen and oxygen atoms in total. The van der Waals surface area contributed by atoms with Gasteiger partial charge in [-0.2, -0.15) is 0 Å². The van der Waals surface area contributed by atoms with Crippen LogP contribution in [0.25, 0.3) is 0 Å². The smallest absolute Gasteiger partial charge is 0.330 e. The van der Waals surface area contributed by atoms with Gasteiger partial charge in [-0.05, 0) is 57.9 Å². The van der Waals surface area contributed by atoms with Gasteiger partial charge in [0, 0.05) is 27.7 Å². The molecule has 0 unspecified atom stereocenters. The molecule has 0 amide bonds. The Morgan fingerprint density at radius 3 is 2.33 bits per heavy atom. The summed E-state index contributed by atoms with van der Waals surface area (Å²) in [5.41, 5.74) is -0.441. The maximum atomic E-state index is 11.9. The van der Waals surface area contributed by atoms with Gasteiger partial charge >= 0.3 is 5.97 Å². The van der Waals surface area contributed by atoms with Gasteiger partial charge in [-0.25, -0.2) is 4.79 Å². The minimum absolute atomic E-state index is 0.151. The van der Waals surface area contributed by atoms with E-state index in [2.05, 4.69) is 40.2 Å². The van der Waals surface area contributed by atoms with Crippen molar-refractivity contribution in [3.8, 4) is 0 Å². The van der Waals surface area contributed by atoms with Gasteiger partial charge in [0.05, 0.1) is 5.41 Å². The standard InChI is InChI=1S/C16H22BrNO2S/c1-16(2,3)15(19)20-18-10-8-14(9-11-18)21-13-6-4-12(17)5-7-13/h4-7,14H,8-11H2,1-3H3. The van der Waals surface area contributed by atoms with Crippen LogP contribution in [0.4, 0.5) is 0 Å². The van der Waals surface area contributed by atoms with Crippen LogP contribution in [-0.4, -0.2) is 29.4 Å². The number of carbonyl (C=O) groups excluding carboxylic acids is 1. The van der Waals surface area contributed by atoms with E-state index >= 15 is 0 Å². The van der Waals surface area contributed by atoms with Crippen LogP contribution < -0.4 is 0 Å². The molecular formula is C16H22BrNO2S. The minimum Gasteiger partial charge on any atom is -0.367 e. The summed E-state index contributed by atoms with van der Waals surface area (Å²) in [5, 5.41) is 2.41. The molecule has 2 rings (SSSR count). The van der Waals surface area contributed by atoms with Crippen molar-refractivity contribution in [1.29, 1.82) is 0 Å². The van der Waals surface area contributed by atoms with Crippen molar-refractivity contribution in [3.05, 3.63) is 28.7 Å². The number of nitrogens with zero attached hydrogens (tertiary/aromatic N) is 1. The van der Waals surface area contributed by atoms with Crippen molar-refractivity contribution in [1.82, 2.24) is 5.06 Å². The van der Waals surface area contributed by atoms with Crippen molar-refractivity contribution in [2.45, 2.75) is 43.8 Å². The van der Waals surface area contributed by atoms with Gasteiger partial charge in [0.2, 0.25) is 0 Å². The summed E-state index contributed by atoms with van der Waals surface area (Å²) in [7, 11) is 0. The predicted molar refractivity (Wildman–Crippen MR) is 90.1 cm³/mol. The van der Waals surface area contributed by atoms with Gasteiger partial charge in [0.15, 0.2) is 0 Å². The lowest BCUT2D eigenvalue weighted by Gasteiger charge is -2.31. The quantitative estimate of drug-likeness (QED) is 0.781. The summed E-state index contributed by atoms with van der Waals surface area (Å²) in [6, 6.07) is 8.42. The van der Waals surface area contributed by atoms with Crippen molar-refractivity contribution >= 4 is 33.7 Å². The summed E-state index contributed by atoms with van der Waals surface area (Å²) in [6.07, 6.45) is 2.08. The zero-order valence-electron chi connectivity index (χ0n) is 12.8. The van der Waals surface area contributed by atoms with Crippen LogP contribution in [0.1, 0.15) is 33.6 Å². The van der Waals surface area contributed by atoms with Crippen LogP contribution in [-0.2, 0) is 9.63 Å². The third-order valence-electron chi connectivity index (χ3n) is 3.34. The van der Waals surface area contributed by atoms with E-state index in [1.165, 1.54) is 4.90 Å². The van der Waals surface area contributed by atoms with Crippen LogP contribution >= 0.6 is 27.7 Å². The first kappa shape index (κ1) is 16.8. The highest BCUT2D eigenvalue weighted by Gasteiger charge is 2.28. The molecule has 1 aromatic rings. The maximum absolute atomic E-state index is 11.9. The molecule has 0 N–H and O–H groups in total. The number of hydrogen-bond acceptors (Lipinski definition) is 4. The molecule has 0 bridgehead atoms. The van der Waals surface area contributed by atoms with E-state index in [4.69, 9.17) is 4.84 Å². The lowest BCUT2D eigenvalue weighted by Crippen LogP contribution is -2.39. The molecule has 1 aromatic carbocycles. The lowest BCUT2D eigenvalue weighted by atomic mass is 9.98. The minimum atomic E-state index is -0.441. The molecule has 0 aromatic heterocycles. The Morgan fingerprint density at radius 2 is 1.81 bits per heavy atom. The Hall–Kier alpha value is -0.520. The van der Waals surface area contributed by atoms with E-state index in [0.717, 1.165) is 30.4 Å². The highest BCUT2D eigenvalue weighted by atomic mass is 79.9. The molecule has 0 radical (unpaired) electrons. The predicted octanol–water partition coefficient (Wildman–Crippen LogP) is 4.51. The van der Waals surface area contributed by atoms with E-state index in [1.807, 2.05) is 37.6 Å². The number of piperidine rings is 1. The number of thioether (sulfide) groups is 1. The Morgan fingerprint density at radius 1 is 1.24 bits per heavy atom. The third kappa shape index (κ3) is 5.31. The average Bonchev–Trinajstić information content (AvgIpc) is 2.42. The van der Waals surface area contributed by atoms with Crippen molar-refractivity contribution in [3.63, 3.8) is 0 Å². The van der Waals surface area contributed by atoms with E-state index in [-0.39, 0.29) is 5.97 Å². The van der Waals surface area contributed by atoms with E-state index in [9.17, 15) is 4.79 Å². The Bertz CT molecular complexity index is 476. The summed E-state index contributed by atoms with van der Waals surface area (Å²) in [4.78, 5) is 18.6. The first-order valence-electron chi connectivity index (χ1n) is 7.24. The molecule has 1 saturated heterocycles. The Labute approximate surface area is 139 Å². The fourth-order valence-corrected chi connectivity index (χ4v) is 3.39. The summed E-state index contributed by atoms with van der Waals surface area (Å²) >= 11 is 5.36. The number of benzene rings is 1. The van der Waals surface area contributed by atoms with Crippen molar-refractivity contribution in [2.24, 2.45) is 5.41 Å². The normalized spacial score (nSPS) is 17.7. The first-order valence-corrected chi connectivity index (χ1v) is 8.91. The number of hydroxylamine groups is 2. The van der Waals surface area contributed by atoms with Gasteiger partial charge in [0.1, 0.15) is 0 Å². The number of hydrogen-bond donors (Lipinski definition) is 0. The van der Waals surface area contributed by atoms with Crippen LogP contribution in [0.2, 0.25) is 0 Å². The van der Waals surface area contributed by atoms with Crippen LogP contribution in [0, 0.1) is 5.41 Å². The average molecular weight is 372 g/mol. The maximum Gasteiger partial charge on any atom is 0.330 e. The number of rotatable bonds is 3. The van der Waals surface area contributed by atoms with Crippen molar-refractivity contribution < 1.29 is 9.63 Å². The van der Waals surface area contributed by atoms with Crippen LogP contribution in [0.5, 0.6) is 0 Å². The molecule has 1 aliphatic rings. The Kier molecular flexibility index (Phi) is 5.74. The van der Waals surface area contributed by atoms with Gasteiger partial charge in [0.25, 0.3) is 0 Å². The fraction of sp³-hybridized carbons (Fsp3) is 0.562. The topological polar surface area (TPSA) is 29.5 Å². The molecule has 5 heteroatoms. The van der Waals surface area contributed by atoms with Gasteiger partial charge in [-0.3, -0.25) is 0 Å². The third-order valence-corrected chi connectivity index (χ3v) is 5.22. The van der Waals surface area contributed by atoms with E-state index in [0.29, 0.717) is 5.25 Å². The monoisotopic (exact) mass is 371 g/mol. The second-order valence-corrected chi connectivity index (χ2v) is 8.62. The van der Waals surface area contributed by atoms with Gasteiger partial charge in [-0.15, -0.1) is 16.8 Å². The highest BCUT2D eigenvalue weighted by molar-refractivity contribution is 9.10. The molecule has 116 valence electrons. The van der Waals surface area contributed by atoms with E-state index < -0.39 is 5.41 Å². The van der Waals surface area contributed by atoms with E-state index in [1.54, 1.807) is 0 Å². The summed E-state index contributed by atoms with van der Waals surface area (Å²) < 4.78 is 1.11. The summed E-state index contributed by atoms with van der Waals surface area (Å²) in [6.45, 7) is 7.27. The number of halogens is 1. The van der Waals surface area contributed by atoms with Gasteiger partial charge < -0.3 is 4.84 Å². The molecular weight excluding hydrogens is 350 g/mol. The fourth-order valence-electron chi connectivity index (χ4n) is 2.00. The largest absolute Gasteiger partial charge is 0.367 e. The highest BCUT2D eigenvalue weighted by Crippen LogP contribution is 2.31. The van der Waals surface area contributed by atoms with Crippen LogP contribution in [0.15, 0.2) is 33.6 Å². The molecule has 0 spiro atoms.